The van der Waals surface area contributed by atoms with Crippen LogP contribution in [0, 0.1) is 5.41 Å². The number of aryl methyl sites for hydroxylation is 1. The molecule has 0 unspecified atom stereocenters. The van der Waals surface area contributed by atoms with Gasteiger partial charge in [0.05, 0.1) is 11.9 Å². The lowest BCUT2D eigenvalue weighted by Crippen LogP contribution is -2.37. The van der Waals surface area contributed by atoms with Crippen molar-refractivity contribution in [3.8, 4) is 0 Å². The molecule has 7 heteroatoms. The molecule has 0 atom stereocenters. The number of furan rings is 1. The van der Waals surface area contributed by atoms with E-state index in [0.717, 1.165) is 54.7 Å². The molecule has 3 heterocycles. The molecule has 0 radical (unpaired) electrons. The molecule has 31 heavy (non-hydrogen) atoms. The van der Waals surface area contributed by atoms with Crippen LogP contribution in [0.3, 0.4) is 0 Å². The molecule has 1 fully saturated rings. The summed E-state index contributed by atoms with van der Waals surface area (Å²) in [5, 5.41) is 15.3. The minimum Gasteiger partial charge on any atom is -0.447 e. The van der Waals surface area contributed by atoms with Crippen LogP contribution in [0.15, 0.2) is 41.1 Å². The van der Waals surface area contributed by atoms with E-state index in [1.165, 1.54) is 19.3 Å². The van der Waals surface area contributed by atoms with Gasteiger partial charge in [-0.3, -0.25) is 9.78 Å². The summed E-state index contributed by atoms with van der Waals surface area (Å²) in [6.45, 7) is 3.66. The zero-order valence-electron chi connectivity index (χ0n) is 17.5. The third-order valence-corrected chi connectivity index (χ3v) is 6.21. The number of pyridine rings is 1. The Bertz CT molecular complexity index is 1130. The molecule has 1 aromatic carbocycles. The van der Waals surface area contributed by atoms with Crippen molar-refractivity contribution in [1.29, 1.82) is 5.41 Å². The summed E-state index contributed by atoms with van der Waals surface area (Å²) in [7, 11) is 0. The molecule has 2 aromatic heterocycles. The van der Waals surface area contributed by atoms with Crippen LogP contribution in [-0.4, -0.2) is 47.7 Å². The number of likely N-dealkylation sites (tertiary alicyclic amines) is 1. The first-order chi connectivity index (χ1) is 15.2. The molecular weight excluding hydrogens is 390 g/mol. The van der Waals surface area contributed by atoms with E-state index in [0.29, 0.717) is 23.5 Å². The van der Waals surface area contributed by atoms with Crippen LogP contribution in [0.25, 0.3) is 11.0 Å². The third-order valence-electron chi connectivity index (χ3n) is 6.21. The van der Waals surface area contributed by atoms with E-state index in [4.69, 9.17) is 9.83 Å². The van der Waals surface area contributed by atoms with Gasteiger partial charge in [0.1, 0.15) is 0 Å². The van der Waals surface area contributed by atoms with Crippen LogP contribution in [0.4, 0.5) is 11.4 Å². The second kappa shape index (κ2) is 8.51. The molecule has 1 amide bonds. The van der Waals surface area contributed by atoms with E-state index in [1.54, 1.807) is 12.4 Å². The average Bonchev–Trinajstić information content (AvgIpc) is 3.35. The van der Waals surface area contributed by atoms with Gasteiger partial charge in [0.15, 0.2) is 5.58 Å². The number of amides is 1. The van der Waals surface area contributed by atoms with Crippen molar-refractivity contribution < 1.29 is 9.21 Å². The molecule has 2 aliphatic rings. The fourth-order valence-corrected chi connectivity index (χ4v) is 4.54. The Labute approximate surface area is 181 Å². The molecule has 3 N–H and O–H groups in total. The second-order valence-corrected chi connectivity index (χ2v) is 8.31. The van der Waals surface area contributed by atoms with Crippen molar-refractivity contribution in [2.45, 2.75) is 32.1 Å². The largest absolute Gasteiger partial charge is 0.447 e. The third kappa shape index (κ3) is 4.05. The highest BCUT2D eigenvalue weighted by Gasteiger charge is 2.22. The number of piperidine rings is 1. The van der Waals surface area contributed by atoms with Crippen LogP contribution in [0.1, 0.15) is 47.4 Å². The first kappa shape index (κ1) is 19.8. The number of nitrogens with one attached hydrogen (secondary N) is 3. The molecule has 0 bridgehead atoms. The van der Waals surface area contributed by atoms with E-state index in [2.05, 4.69) is 26.6 Å². The van der Waals surface area contributed by atoms with Crippen molar-refractivity contribution in [2.75, 3.05) is 31.5 Å². The van der Waals surface area contributed by atoms with Crippen molar-refractivity contribution >= 4 is 34.0 Å². The number of anilines is 2. The molecule has 0 spiro atoms. The minimum absolute atomic E-state index is 0.223. The number of aromatic nitrogens is 1. The standard InChI is InChI=1S/C24H27N5O2/c25-20-7-4-16-14-17(5-6-18(16)20)28-22-19-8-9-26-15-21(19)31-23(22)24(30)27-10-13-29-11-2-1-3-12-29/h5-6,8-9,14-15,25,28H,1-4,7,10-13H2,(H,27,30). The number of hydrogen-bond donors (Lipinski definition) is 3. The Morgan fingerprint density at radius 1 is 1.16 bits per heavy atom. The molecular formula is C24H27N5O2. The first-order valence-corrected chi connectivity index (χ1v) is 11.0. The van der Waals surface area contributed by atoms with Gasteiger partial charge >= 0.3 is 0 Å². The van der Waals surface area contributed by atoms with Crippen LogP contribution in [0.5, 0.6) is 0 Å². The summed E-state index contributed by atoms with van der Waals surface area (Å²) in [6, 6.07) is 7.86. The Morgan fingerprint density at radius 3 is 2.90 bits per heavy atom. The quantitative estimate of drug-likeness (QED) is 0.561. The van der Waals surface area contributed by atoms with Gasteiger partial charge in [0.2, 0.25) is 5.76 Å². The molecule has 5 rings (SSSR count). The predicted molar refractivity (Wildman–Crippen MR) is 122 cm³/mol. The van der Waals surface area contributed by atoms with Gasteiger partial charge < -0.3 is 25.4 Å². The number of carbonyl (C=O) groups excluding carboxylic acids is 1. The Balaban J connectivity index is 1.36. The summed E-state index contributed by atoms with van der Waals surface area (Å²) in [5.74, 6) is 0.0496. The summed E-state index contributed by atoms with van der Waals surface area (Å²) in [4.78, 5) is 19.5. The molecule has 0 saturated carbocycles. The number of rotatable bonds is 6. The van der Waals surface area contributed by atoms with Crippen molar-refractivity contribution in [2.24, 2.45) is 0 Å². The van der Waals surface area contributed by atoms with Gasteiger partial charge in [-0.2, -0.15) is 0 Å². The highest BCUT2D eigenvalue weighted by Crippen LogP contribution is 2.34. The van der Waals surface area contributed by atoms with Crippen LogP contribution in [0.2, 0.25) is 0 Å². The van der Waals surface area contributed by atoms with Gasteiger partial charge in [0, 0.05) is 36.1 Å². The van der Waals surface area contributed by atoms with E-state index in [9.17, 15) is 4.79 Å². The minimum atomic E-state index is -0.223. The topological polar surface area (TPSA) is 94.2 Å². The number of benzene rings is 1. The molecule has 160 valence electrons. The number of nitrogens with zero attached hydrogens (tertiary/aromatic N) is 2. The number of fused-ring (bicyclic) bond motifs is 2. The smallest absolute Gasteiger partial charge is 0.289 e. The van der Waals surface area contributed by atoms with Crippen LogP contribution < -0.4 is 10.6 Å². The SMILES string of the molecule is N=C1CCc2cc(Nc3c(C(=O)NCCN4CCCCC4)oc4cnccc34)ccc21. The maximum atomic E-state index is 13.0. The normalized spacial score (nSPS) is 16.5. The lowest BCUT2D eigenvalue weighted by molar-refractivity contribution is 0.0922. The van der Waals surface area contributed by atoms with Gasteiger partial charge in [-0.05, 0) is 68.1 Å². The second-order valence-electron chi connectivity index (χ2n) is 8.31. The summed E-state index contributed by atoms with van der Waals surface area (Å²) >= 11 is 0. The molecule has 7 nitrogen and oxygen atoms in total. The lowest BCUT2D eigenvalue weighted by atomic mass is 10.1. The van der Waals surface area contributed by atoms with Crippen molar-refractivity contribution in [1.82, 2.24) is 15.2 Å². The van der Waals surface area contributed by atoms with E-state index >= 15 is 0 Å². The molecule has 1 aliphatic carbocycles. The monoisotopic (exact) mass is 417 g/mol. The van der Waals surface area contributed by atoms with Gasteiger partial charge in [-0.25, -0.2) is 0 Å². The van der Waals surface area contributed by atoms with Crippen LogP contribution in [-0.2, 0) is 6.42 Å². The average molecular weight is 418 g/mol. The predicted octanol–water partition coefficient (Wildman–Crippen LogP) is 4.10. The summed E-state index contributed by atoms with van der Waals surface area (Å²) in [6.07, 6.45) is 8.76. The highest BCUT2D eigenvalue weighted by atomic mass is 16.3. The van der Waals surface area contributed by atoms with E-state index in [-0.39, 0.29) is 11.7 Å². The van der Waals surface area contributed by atoms with Crippen molar-refractivity contribution in [3.63, 3.8) is 0 Å². The maximum absolute atomic E-state index is 13.0. The Hall–Kier alpha value is -3.19. The van der Waals surface area contributed by atoms with Gasteiger partial charge in [0.25, 0.3) is 5.91 Å². The summed E-state index contributed by atoms with van der Waals surface area (Å²) in [5.41, 5.74) is 4.99. The number of carbonyl (C=O) groups is 1. The Kier molecular flexibility index (Phi) is 5.42. The highest BCUT2D eigenvalue weighted by molar-refractivity contribution is 6.07. The molecule has 3 aromatic rings. The zero-order chi connectivity index (χ0) is 21.2. The molecule has 1 saturated heterocycles. The fraction of sp³-hybridized carbons (Fsp3) is 0.375. The van der Waals surface area contributed by atoms with Gasteiger partial charge in [-0.15, -0.1) is 0 Å². The number of hydrogen-bond acceptors (Lipinski definition) is 6. The lowest BCUT2D eigenvalue weighted by Gasteiger charge is -2.26. The fourth-order valence-electron chi connectivity index (χ4n) is 4.54. The maximum Gasteiger partial charge on any atom is 0.289 e. The van der Waals surface area contributed by atoms with Gasteiger partial charge in [-0.1, -0.05) is 12.5 Å². The van der Waals surface area contributed by atoms with E-state index in [1.807, 2.05) is 18.2 Å². The van der Waals surface area contributed by atoms with Crippen molar-refractivity contribution in [3.05, 3.63) is 53.5 Å². The van der Waals surface area contributed by atoms with E-state index < -0.39 is 0 Å². The van der Waals surface area contributed by atoms with Crippen LogP contribution >= 0.6 is 0 Å². The molecule has 1 aliphatic heterocycles. The first-order valence-electron chi connectivity index (χ1n) is 11.0. The Morgan fingerprint density at radius 2 is 2.03 bits per heavy atom. The summed E-state index contributed by atoms with van der Waals surface area (Å²) < 4.78 is 5.90. The zero-order valence-corrected chi connectivity index (χ0v) is 17.5.